The van der Waals surface area contributed by atoms with Crippen molar-refractivity contribution >= 4 is 43.6 Å². The molecular formula is C32H24N2. The van der Waals surface area contributed by atoms with Gasteiger partial charge in [-0.05, 0) is 60.5 Å². The van der Waals surface area contributed by atoms with Gasteiger partial charge in [-0.2, -0.15) is 0 Å². The average Bonchev–Trinajstić information content (AvgIpc) is 3.36. The molecule has 0 saturated heterocycles. The molecule has 7 rings (SSSR count). The third kappa shape index (κ3) is 2.69. The number of hydrogen-bond acceptors (Lipinski definition) is 0. The zero-order valence-electron chi connectivity index (χ0n) is 19.3. The van der Waals surface area contributed by atoms with Gasteiger partial charge in [-0.25, -0.2) is 0 Å². The second kappa shape index (κ2) is 7.10. The Kier molecular flexibility index (Phi) is 4.01. The van der Waals surface area contributed by atoms with Crippen LogP contribution < -0.4 is 0 Å². The van der Waals surface area contributed by atoms with E-state index in [9.17, 15) is 0 Å². The van der Waals surface area contributed by atoms with Crippen LogP contribution in [0.3, 0.4) is 0 Å². The van der Waals surface area contributed by atoms with Gasteiger partial charge in [0, 0.05) is 45.3 Å². The van der Waals surface area contributed by atoms with Crippen LogP contribution in [0, 0.1) is 6.92 Å². The molecule has 5 aromatic carbocycles. The Morgan fingerprint density at radius 1 is 0.471 bits per heavy atom. The highest BCUT2D eigenvalue weighted by molar-refractivity contribution is 6.11. The fraction of sp³-hybridized carbons (Fsp3) is 0.0625. The van der Waals surface area contributed by atoms with Gasteiger partial charge in [0.2, 0.25) is 0 Å². The first-order chi connectivity index (χ1) is 16.7. The number of nitrogens with zero attached hydrogens (tertiary/aromatic N) is 2. The average molecular weight is 437 g/mol. The van der Waals surface area contributed by atoms with Gasteiger partial charge in [-0.3, -0.25) is 0 Å². The Bertz CT molecular complexity index is 1870. The van der Waals surface area contributed by atoms with E-state index in [4.69, 9.17) is 0 Å². The topological polar surface area (TPSA) is 9.86 Å². The maximum Gasteiger partial charge on any atom is 0.0547 e. The van der Waals surface area contributed by atoms with E-state index in [1.807, 2.05) is 0 Å². The number of aryl methyl sites for hydroxylation is 2. The molecule has 0 amide bonds. The SMILES string of the molecule is Cc1ccc2c(c1)c1ccc(-c3ccc4c5ccccc5n(C)c4c3)cc1n2-c1ccccc1. The lowest BCUT2D eigenvalue weighted by molar-refractivity contribution is 1.01. The lowest BCUT2D eigenvalue weighted by Gasteiger charge is -2.09. The molecule has 2 heteroatoms. The molecule has 2 heterocycles. The van der Waals surface area contributed by atoms with Gasteiger partial charge in [-0.15, -0.1) is 0 Å². The van der Waals surface area contributed by atoms with E-state index >= 15 is 0 Å². The molecule has 0 N–H and O–H groups in total. The van der Waals surface area contributed by atoms with E-state index in [1.54, 1.807) is 0 Å². The molecule has 0 aliphatic rings. The molecule has 0 spiro atoms. The van der Waals surface area contributed by atoms with Crippen LogP contribution in [0.2, 0.25) is 0 Å². The van der Waals surface area contributed by atoms with Crippen LogP contribution in [0.4, 0.5) is 0 Å². The zero-order chi connectivity index (χ0) is 22.8. The highest BCUT2D eigenvalue weighted by Gasteiger charge is 2.14. The van der Waals surface area contributed by atoms with Gasteiger partial charge >= 0.3 is 0 Å². The molecule has 34 heavy (non-hydrogen) atoms. The van der Waals surface area contributed by atoms with Crippen molar-refractivity contribution in [1.29, 1.82) is 0 Å². The summed E-state index contributed by atoms with van der Waals surface area (Å²) in [7, 11) is 2.16. The smallest absolute Gasteiger partial charge is 0.0547 e. The Morgan fingerprint density at radius 2 is 1.12 bits per heavy atom. The number of rotatable bonds is 2. The summed E-state index contributed by atoms with van der Waals surface area (Å²) in [6.45, 7) is 2.17. The van der Waals surface area contributed by atoms with Gasteiger partial charge in [0.1, 0.15) is 0 Å². The molecule has 0 bridgehead atoms. The molecule has 0 saturated carbocycles. The summed E-state index contributed by atoms with van der Waals surface area (Å²) in [5.74, 6) is 0. The summed E-state index contributed by atoms with van der Waals surface area (Å²) in [5.41, 5.74) is 9.95. The third-order valence-electron chi connectivity index (χ3n) is 7.18. The van der Waals surface area contributed by atoms with Crippen LogP contribution in [-0.2, 0) is 7.05 Å². The standard InChI is InChI=1S/C32H24N2/c1-21-12-17-30-28(18-21)27-16-14-23(20-32(27)34(30)24-8-4-3-5-9-24)22-13-15-26-25-10-6-7-11-29(25)33(2)31(26)19-22/h3-20H,1-2H3. The molecule has 2 aromatic heterocycles. The zero-order valence-corrected chi connectivity index (χ0v) is 19.3. The maximum absolute atomic E-state index is 2.39. The van der Waals surface area contributed by atoms with Gasteiger partial charge in [-0.1, -0.05) is 72.3 Å². The molecule has 162 valence electrons. The van der Waals surface area contributed by atoms with E-state index in [2.05, 4.69) is 132 Å². The molecule has 0 radical (unpaired) electrons. The summed E-state index contributed by atoms with van der Waals surface area (Å²) in [4.78, 5) is 0. The highest BCUT2D eigenvalue weighted by Crippen LogP contribution is 2.37. The molecule has 7 aromatic rings. The number of benzene rings is 5. The first-order valence-corrected chi connectivity index (χ1v) is 11.8. The molecule has 2 nitrogen and oxygen atoms in total. The van der Waals surface area contributed by atoms with Crippen molar-refractivity contribution in [1.82, 2.24) is 9.13 Å². The fourth-order valence-corrected chi connectivity index (χ4v) is 5.51. The van der Waals surface area contributed by atoms with E-state index in [0.29, 0.717) is 0 Å². The van der Waals surface area contributed by atoms with Crippen LogP contribution in [-0.4, -0.2) is 9.13 Å². The third-order valence-corrected chi connectivity index (χ3v) is 7.18. The summed E-state index contributed by atoms with van der Waals surface area (Å²) in [6.07, 6.45) is 0. The van der Waals surface area contributed by atoms with Crippen molar-refractivity contribution in [3.05, 3.63) is 115 Å². The van der Waals surface area contributed by atoms with Crippen molar-refractivity contribution in [2.24, 2.45) is 7.05 Å². The highest BCUT2D eigenvalue weighted by atomic mass is 15.0. The molecule has 0 atom stereocenters. The van der Waals surface area contributed by atoms with Crippen LogP contribution in [0.1, 0.15) is 5.56 Å². The number of fused-ring (bicyclic) bond motifs is 6. The molecule has 0 aliphatic heterocycles. The first-order valence-electron chi connectivity index (χ1n) is 11.8. The second-order valence-electron chi connectivity index (χ2n) is 9.23. The molecule has 0 fully saturated rings. The predicted octanol–water partition coefficient (Wildman–Crippen LogP) is 8.40. The van der Waals surface area contributed by atoms with Crippen molar-refractivity contribution < 1.29 is 0 Å². The normalized spacial score (nSPS) is 11.8. The summed E-state index contributed by atoms with van der Waals surface area (Å²) in [6, 6.07) is 39.8. The minimum atomic E-state index is 1.19. The number of hydrogen-bond donors (Lipinski definition) is 0. The predicted molar refractivity (Wildman–Crippen MR) is 145 cm³/mol. The summed E-state index contributed by atoms with van der Waals surface area (Å²) < 4.78 is 4.69. The molecule has 0 aliphatic carbocycles. The van der Waals surface area contributed by atoms with Crippen molar-refractivity contribution in [2.45, 2.75) is 6.92 Å². The van der Waals surface area contributed by atoms with Crippen LogP contribution in [0.25, 0.3) is 60.4 Å². The lowest BCUT2D eigenvalue weighted by Crippen LogP contribution is -1.93. The van der Waals surface area contributed by atoms with Crippen LogP contribution in [0.5, 0.6) is 0 Å². The Labute approximate surface area is 198 Å². The van der Waals surface area contributed by atoms with E-state index < -0.39 is 0 Å². The Hall–Kier alpha value is -4.30. The fourth-order valence-electron chi connectivity index (χ4n) is 5.51. The molecular weight excluding hydrogens is 412 g/mol. The first kappa shape index (κ1) is 19.2. The van der Waals surface area contributed by atoms with Gasteiger partial charge in [0.05, 0.1) is 11.0 Å². The second-order valence-corrected chi connectivity index (χ2v) is 9.23. The van der Waals surface area contributed by atoms with Gasteiger partial charge in [0.25, 0.3) is 0 Å². The van der Waals surface area contributed by atoms with Crippen LogP contribution >= 0.6 is 0 Å². The number of aromatic nitrogens is 2. The quantitative estimate of drug-likeness (QED) is 0.257. The van der Waals surface area contributed by atoms with Crippen molar-refractivity contribution in [2.75, 3.05) is 0 Å². The maximum atomic E-state index is 2.39. The minimum absolute atomic E-state index is 1.19. The van der Waals surface area contributed by atoms with E-state index in [-0.39, 0.29) is 0 Å². The molecule has 0 unspecified atom stereocenters. The lowest BCUT2D eigenvalue weighted by atomic mass is 10.0. The Balaban J connectivity index is 1.51. The largest absolute Gasteiger partial charge is 0.344 e. The van der Waals surface area contributed by atoms with Crippen molar-refractivity contribution in [3.8, 4) is 16.8 Å². The van der Waals surface area contributed by atoms with Gasteiger partial charge in [0.15, 0.2) is 0 Å². The van der Waals surface area contributed by atoms with E-state index in [1.165, 1.54) is 66.0 Å². The summed E-state index contributed by atoms with van der Waals surface area (Å²) in [5, 5.41) is 5.20. The van der Waals surface area contributed by atoms with Crippen LogP contribution in [0.15, 0.2) is 109 Å². The number of para-hydroxylation sites is 2. The van der Waals surface area contributed by atoms with Gasteiger partial charge < -0.3 is 9.13 Å². The summed E-state index contributed by atoms with van der Waals surface area (Å²) >= 11 is 0. The minimum Gasteiger partial charge on any atom is -0.344 e. The Morgan fingerprint density at radius 3 is 1.91 bits per heavy atom. The monoisotopic (exact) mass is 436 g/mol. The van der Waals surface area contributed by atoms with Crippen molar-refractivity contribution in [3.63, 3.8) is 0 Å². The van der Waals surface area contributed by atoms with E-state index in [0.717, 1.165) is 0 Å².